The Morgan fingerprint density at radius 2 is 1.96 bits per heavy atom. The van der Waals surface area contributed by atoms with Crippen LogP contribution in [-0.4, -0.2) is 11.4 Å². The van der Waals surface area contributed by atoms with Crippen molar-refractivity contribution in [1.29, 1.82) is 0 Å². The van der Waals surface area contributed by atoms with Crippen molar-refractivity contribution in [3.8, 4) is 0 Å². The van der Waals surface area contributed by atoms with Gasteiger partial charge < -0.3 is 10.6 Å². The zero-order valence-corrected chi connectivity index (χ0v) is 13.9. The number of rotatable bonds is 3. The van der Waals surface area contributed by atoms with Crippen LogP contribution in [0.1, 0.15) is 38.7 Å². The number of amides is 1. The van der Waals surface area contributed by atoms with E-state index >= 15 is 0 Å². The summed E-state index contributed by atoms with van der Waals surface area (Å²) >= 11 is 0. The van der Waals surface area contributed by atoms with Gasteiger partial charge in [0.2, 0.25) is 0 Å². The lowest BCUT2D eigenvalue weighted by Gasteiger charge is -2.29. The fourth-order valence-electron chi connectivity index (χ4n) is 3.79. The van der Waals surface area contributed by atoms with Crippen molar-refractivity contribution in [2.75, 3.05) is 0 Å². The zero-order chi connectivity index (χ0) is 16.9. The maximum atomic E-state index is 13.6. The molecule has 0 aromatic heterocycles. The molecule has 1 amide bonds. The van der Waals surface area contributed by atoms with Crippen LogP contribution in [0, 0.1) is 0 Å². The minimum absolute atomic E-state index is 0.106. The van der Waals surface area contributed by atoms with Crippen LogP contribution in [0.3, 0.4) is 0 Å². The van der Waals surface area contributed by atoms with Gasteiger partial charge in [-0.1, -0.05) is 30.3 Å². The maximum absolute atomic E-state index is 13.6. The lowest BCUT2D eigenvalue weighted by atomic mass is 9.84. The quantitative estimate of drug-likeness (QED) is 0.892. The van der Waals surface area contributed by atoms with Crippen molar-refractivity contribution < 1.29 is 9.18 Å². The van der Waals surface area contributed by atoms with E-state index in [4.69, 9.17) is 0 Å². The molecule has 3 aliphatic rings. The highest BCUT2D eigenvalue weighted by molar-refractivity contribution is 5.96. The smallest absolute Gasteiger partial charge is 0.268 e. The molecule has 1 heterocycles. The molecular formula is C20H21FN2O. The molecule has 0 spiro atoms. The summed E-state index contributed by atoms with van der Waals surface area (Å²) in [7, 11) is 0. The predicted molar refractivity (Wildman–Crippen MR) is 91.6 cm³/mol. The molecule has 4 heteroatoms. The molecule has 0 bridgehead atoms. The number of nitrogens with one attached hydrogen (secondary N) is 2. The molecule has 2 aliphatic carbocycles. The van der Waals surface area contributed by atoms with E-state index in [1.165, 1.54) is 6.08 Å². The van der Waals surface area contributed by atoms with Gasteiger partial charge in [-0.15, -0.1) is 0 Å². The highest BCUT2D eigenvalue weighted by atomic mass is 19.1. The van der Waals surface area contributed by atoms with E-state index in [2.05, 4.69) is 22.8 Å². The van der Waals surface area contributed by atoms with Crippen molar-refractivity contribution >= 4 is 5.91 Å². The zero-order valence-electron chi connectivity index (χ0n) is 13.9. The van der Waals surface area contributed by atoms with Crippen molar-refractivity contribution in [2.24, 2.45) is 0 Å². The topological polar surface area (TPSA) is 41.1 Å². The third-order valence-electron chi connectivity index (χ3n) is 5.42. The Hall–Kier alpha value is -2.36. The fraction of sp³-hybridized carbons (Fsp3) is 0.350. The summed E-state index contributed by atoms with van der Waals surface area (Å²) in [5.41, 5.74) is 2.77. The van der Waals surface area contributed by atoms with Crippen LogP contribution < -0.4 is 10.6 Å². The van der Waals surface area contributed by atoms with Gasteiger partial charge in [0, 0.05) is 0 Å². The number of hydrogen-bond donors (Lipinski definition) is 2. The first-order valence-electron chi connectivity index (χ1n) is 8.39. The molecule has 0 radical (unpaired) electrons. The molecule has 1 fully saturated rings. The third kappa shape index (κ3) is 2.29. The van der Waals surface area contributed by atoms with Crippen LogP contribution in [0.5, 0.6) is 0 Å². The number of allylic oxidation sites excluding steroid dienone is 2. The van der Waals surface area contributed by atoms with Crippen LogP contribution in [-0.2, 0) is 10.3 Å². The number of fused-ring (bicyclic) bond motifs is 1. The summed E-state index contributed by atoms with van der Waals surface area (Å²) < 4.78 is 13.6. The molecule has 124 valence electrons. The molecule has 1 aromatic carbocycles. The van der Waals surface area contributed by atoms with Crippen LogP contribution >= 0.6 is 0 Å². The number of hydrogen-bond acceptors (Lipinski definition) is 2. The lowest BCUT2D eigenvalue weighted by molar-refractivity contribution is -0.119. The number of carbonyl (C=O) groups excluding carboxylic acids is 1. The normalized spacial score (nSPS) is 27.0. The maximum Gasteiger partial charge on any atom is 0.268 e. The first kappa shape index (κ1) is 15.2. The van der Waals surface area contributed by atoms with Gasteiger partial charge in [-0.3, -0.25) is 4.79 Å². The molecular weight excluding hydrogens is 303 g/mol. The van der Waals surface area contributed by atoms with E-state index in [1.807, 2.05) is 32.0 Å². The van der Waals surface area contributed by atoms with Crippen molar-refractivity contribution in [3.63, 3.8) is 0 Å². The molecule has 1 unspecified atom stereocenters. The second kappa shape index (κ2) is 5.07. The van der Waals surface area contributed by atoms with E-state index in [-0.39, 0.29) is 17.3 Å². The highest BCUT2D eigenvalue weighted by Gasteiger charge is 2.48. The van der Waals surface area contributed by atoms with E-state index in [0.717, 1.165) is 29.6 Å². The van der Waals surface area contributed by atoms with E-state index < -0.39 is 5.54 Å². The van der Waals surface area contributed by atoms with Crippen molar-refractivity contribution in [3.05, 3.63) is 70.7 Å². The molecule has 4 rings (SSSR count). The summed E-state index contributed by atoms with van der Waals surface area (Å²) in [5, 5.41) is 6.53. The Morgan fingerprint density at radius 3 is 2.62 bits per heavy atom. The summed E-state index contributed by atoms with van der Waals surface area (Å²) in [6, 6.07) is 10.1. The van der Waals surface area contributed by atoms with E-state index in [1.54, 1.807) is 6.08 Å². The fourth-order valence-corrected chi connectivity index (χ4v) is 3.79. The standard InChI is InChI=1S/C20H21FN2O/c1-13-16-12-15(21)8-9-19(16,2)22-17(13)18(24)23-20(10-11-20)14-6-4-3-5-7-14/h3-8,12,22H,9-11H2,1-2H3,(H,23,24). The Kier molecular flexibility index (Phi) is 3.21. The molecule has 1 aromatic rings. The van der Waals surface area contributed by atoms with Gasteiger partial charge in [-0.25, -0.2) is 4.39 Å². The Labute approximate surface area is 141 Å². The van der Waals surface area contributed by atoms with Crippen LogP contribution in [0.4, 0.5) is 4.39 Å². The monoisotopic (exact) mass is 324 g/mol. The van der Waals surface area contributed by atoms with Gasteiger partial charge in [-0.05, 0) is 62.0 Å². The Morgan fingerprint density at radius 1 is 1.25 bits per heavy atom. The molecule has 0 saturated heterocycles. The first-order valence-corrected chi connectivity index (χ1v) is 8.39. The summed E-state index contributed by atoms with van der Waals surface area (Å²) in [6.07, 6.45) is 5.55. The van der Waals surface area contributed by atoms with E-state index in [9.17, 15) is 9.18 Å². The largest absolute Gasteiger partial charge is 0.371 e. The molecule has 3 nitrogen and oxygen atoms in total. The predicted octanol–water partition coefficient (Wildman–Crippen LogP) is 3.61. The number of halogens is 1. The van der Waals surface area contributed by atoms with Crippen molar-refractivity contribution in [2.45, 2.75) is 44.2 Å². The minimum Gasteiger partial charge on any atom is -0.371 e. The van der Waals surface area contributed by atoms with Crippen LogP contribution in [0.15, 0.2) is 65.2 Å². The minimum atomic E-state index is -0.393. The van der Waals surface area contributed by atoms with Gasteiger partial charge in [0.15, 0.2) is 0 Å². The summed E-state index contributed by atoms with van der Waals surface area (Å²) in [6.45, 7) is 3.90. The van der Waals surface area contributed by atoms with Gasteiger partial charge >= 0.3 is 0 Å². The SMILES string of the molecule is CC1=C(C(=O)NC2(c3ccccc3)CC2)NC2(C)CC=C(F)C=C12. The van der Waals surface area contributed by atoms with Gasteiger partial charge in [0.25, 0.3) is 5.91 Å². The molecule has 24 heavy (non-hydrogen) atoms. The lowest BCUT2D eigenvalue weighted by Crippen LogP contribution is -2.44. The second-order valence-corrected chi connectivity index (χ2v) is 7.21. The molecule has 2 N–H and O–H groups in total. The molecule has 1 aliphatic heterocycles. The Balaban J connectivity index is 1.60. The first-order chi connectivity index (χ1) is 11.4. The Bertz CT molecular complexity index is 802. The summed E-state index contributed by atoms with van der Waals surface area (Å²) in [5.74, 6) is -0.334. The summed E-state index contributed by atoms with van der Waals surface area (Å²) in [4.78, 5) is 12.9. The number of benzene rings is 1. The van der Waals surface area contributed by atoms with Gasteiger partial charge in [0.1, 0.15) is 11.5 Å². The van der Waals surface area contributed by atoms with E-state index in [0.29, 0.717) is 12.1 Å². The average Bonchev–Trinajstić information content (AvgIpc) is 3.31. The van der Waals surface area contributed by atoms with Crippen LogP contribution in [0.25, 0.3) is 0 Å². The van der Waals surface area contributed by atoms with Gasteiger partial charge in [-0.2, -0.15) is 0 Å². The second-order valence-electron chi connectivity index (χ2n) is 7.21. The van der Waals surface area contributed by atoms with Crippen LogP contribution in [0.2, 0.25) is 0 Å². The molecule has 1 saturated carbocycles. The molecule has 1 atom stereocenters. The average molecular weight is 324 g/mol. The van der Waals surface area contributed by atoms with Crippen molar-refractivity contribution in [1.82, 2.24) is 10.6 Å². The van der Waals surface area contributed by atoms with Gasteiger partial charge in [0.05, 0.1) is 11.1 Å². The third-order valence-corrected chi connectivity index (χ3v) is 5.42. The highest BCUT2D eigenvalue weighted by Crippen LogP contribution is 2.46. The number of carbonyl (C=O) groups is 1.